The number of carboxylic acids is 1. The van der Waals surface area contributed by atoms with E-state index >= 15 is 0 Å². The highest BCUT2D eigenvalue weighted by Crippen LogP contribution is 2.31. The van der Waals surface area contributed by atoms with Crippen molar-refractivity contribution in [3.05, 3.63) is 0 Å². The molecule has 1 N–H and O–H groups in total. The minimum Gasteiger partial charge on any atom is -0.480 e. The molecule has 1 atom stereocenters. The highest BCUT2D eigenvalue weighted by molar-refractivity contribution is 5.79. The molecule has 0 radical (unpaired) electrons. The molecule has 0 saturated carbocycles. The van der Waals surface area contributed by atoms with Crippen LogP contribution in [0.4, 0.5) is 4.79 Å². The summed E-state index contributed by atoms with van der Waals surface area (Å²) in [6.07, 6.45) is 1.89. The molecule has 2 heterocycles. The number of amides is 1. The lowest BCUT2D eigenvalue weighted by molar-refractivity contribution is -0.160. The van der Waals surface area contributed by atoms with Gasteiger partial charge >= 0.3 is 12.1 Å². The third-order valence-electron chi connectivity index (χ3n) is 5.34. The summed E-state index contributed by atoms with van der Waals surface area (Å²) in [5, 5.41) is 9.92. The zero-order valence-electron chi connectivity index (χ0n) is 16.2. The van der Waals surface area contributed by atoms with E-state index in [0.29, 0.717) is 26.1 Å². The van der Waals surface area contributed by atoms with E-state index in [1.165, 1.54) is 0 Å². The molecule has 0 aromatic heterocycles. The van der Waals surface area contributed by atoms with Gasteiger partial charge in [0, 0.05) is 38.8 Å². The van der Waals surface area contributed by atoms with Crippen LogP contribution < -0.4 is 0 Å². The number of likely N-dealkylation sites (N-methyl/N-ethyl adjacent to an activating group) is 1. The fraction of sp³-hybridized carbons (Fsp3) is 0.889. The summed E-state index contributed by atoms with van der Waals surface area (Å²) in [4.78, 5) is 30.3. The van der Waals surface area contributed by atoms with E-state index in [0.717, 1.165) is 25.9 Å². The number of carbonyl (C=O) groups is 2. The quantitative estimate of drug-likeness (QED) is 0.833. The van der Waals surface area contributed by atoms with Gasteiger partial charge in [0.2, 0.25) is 0 Å². The molecule has 2 fully saturated rings. The molecule has 2 aliphatic heterocycles. The number of aliphatic carboxylic acids is 1. The molecule has 7 nitrogen and oxygen atoms in total. The fourth-order valence-electron chi connectivity index (χ4n) is 3.98. The van der Waals surface area contributed by atoms with E-state index in [1.807, 2.05) is 34.7 Å². The number of ether oxygens (including phenoxy) is 1. The number of carboxylic acid groups (broad SMARTS) is 1. The smallest absolute Gasteiger partial charge is 0.410 e. The van der Waals surface area contributed by atoms with Gasteiger partial charge in [-0.2, -0.15) is 0 Å². The number of hydrogen-bond donors (Lipinski definition) is 1. The molecule has 2 saturated heterocycles. The Morgan fingerprint density at radius 2 is 1.76 bits per heavy atom. The molecule has 0 spiro atoms. The molecule has 2 aliphatic rings. The predicted octanol–water partition coefficient (Wildman–Crippen LogP) is 1.87. The number of nitrogens with zero attached hydrogens (tertiary/aromatic N) is 3. The first kappa shape index (κ1) is 20.0. The number of rotatable bonds is 3. The van der Waals surface area contributed by atoms with Crippen molar-refractivity contribution < 1.29 is 19.4 Å². The summed E-state index contributed by atoms with van der Waals surface area (Å²) >= 11 is 0. The van der Waals surface area contributed by atoms with Crippen LogP contribution in [0.1, 0.15) is 47.0 Å². The van der Waals surface area contributed by atoms with E-state index in [2.05, 4.69) is 9.80 Å². The second-order valence-corrected chi connectivity index (χ2v) is 8.32. The lowest BCUT2D eigenvalue weighted by atomic mass is 9.87. The lowest BCUT2D eigenvalue weighted by Crippen LogP contribution is -2.68. The SMILES string of the molecule is CC[C@@]1(C(=O)O)CN(C)CCN1C1CCN(C(=O)OC(C)(C)C)CC1. The van der Waals surface area contributed by atoms with Crippen LogP contribution in [0, 0.1) is 0 Å². The van der Waals surface area contributed by atoms with Crippen molar-refractivity contribution >= 4 is 12.1 Å². The van der Waals surface area contributed by atoms with Gasteiger partial charge in [-0.25, -0.2) is 4.79 Å². The molecule has 0 aromatic rings. The van der Waals surface area contributed by atoms with Crippen LogP contribution in [0.2, 0.25) is 0 Å². The first-order valence-corrected chi connectivity index (χ1v) is 9.25. The van der Waals surface area contributed by atoms with Crippen LogP contribution in [0.5, 0.6) is 0 Å². The van der Waals surface area contributed by atoms with Crippen LogP contribution in [-0.2, 0) is 9.53 Å². The highest BCUT2D eigenvalue weighted by Gasteiger charge is 2.49. The van der Waals surface area contributed by atoms with Crippen LogP contribution in [0.25, 0.3) is 0 Å². The van der Waals surface area contributed by atoms with Gasteiger partial charge in [0.05, 0.1) is 0 Å². The molecule has 0 aliphatic carbocycles. The van der Waals surface area contributed by atoms with Crippen molar-refractivity contribution in [2.45, 2.75) is 64.1 Å². The third-order valence-corrected chi connectivity index (χ3v) is 5.34. The van der Waals surface area contributed by atoms with Crippen molar-refractivity contribution in [1.82, 2.24) is 14.7 Å². The Labute approximate surface area is 150 Å². The van der Waals surface area contributed by atoms with Gasteiger partial charge in [-0.05, 0) is 47.1 Å². The average molecular weight is 355 g/mol. The van der Waals surface area contributed by atoms with E-state index < -0.39 is 17.1 Å². The van der Waals surface area contributed by atoms with Gasteiger partial charge < -0.3 is 19.6 Å². The summed E-state index contributed by atoms with van der Waals surface area (Å²) in [5.74, 6) is -0.740. The zero-order chi connectivity index (χ0) is 18.8. The number of carbonyl (C=O) groups excluding carboxylic acids is 1. The Kier molecular flexibility index (Phi) is 5.99. The predicted molar refractivity (Wildman–Crippen MR) is 95.7 cm³/mol. The fourth-order valence-corrected chi connectivity index (χ4v) is 3.98. The van der Waals surface area contributed by atoms with E-state index in [1.54, 1.807) is 4.90 Å². The molecule has 1 amide bonds. The molecule has 7 heteroatoms. The summed E-state index contributed by atoms with van der Waals surface area (Å²) in [7, 11) is 1.98. The Hall–Kier alpha value is -1.34. The number of piperidine rings is 1. The lowest BCUT2D eigenvalue weighted by Gasteiger charge is -2.51. The third kappa shape index (κ3) is 4.44. The number of piperazine rings is 1. The summed E-state index contributed by atoms with van der Waals surface area (Å²) in [6, 6.07) is 0.198. The number of likely N-dealkylation sites (tertiary alicyclic amines) is 1. The maximum absolute atomic E-state index is 12.2. The highest BCUT2D eigenvalue weighted by atomic mass is 16.6. The normalized spacial score (nSPS) is 27.3. The molecule has 2 rings (SSSR count). The van der Waals surface area contributed by atoms with Gasteiger partial charge in [-0.3, -0.25) is 9.69 Å². The number of hydrogen-bond acceptors (Lipinski definition) is 5. The van der Waals surface area contributed by atoms with Gasteiger partial charge in [0.1, 0.15) is 11.1 Å². The van der Waals surface area contributed by atoms with Crippen molar-refractivity contribution in [3.8, 4) is 0 Å². The zero-order valence-corrected chi connectivity index (χ0v) is 16.2. The molecular formula is C18H33N3O4. The minimum atomic E-state index is -0.828. The van der Waals surface area contributed by atoms with E-state index in [9.17, 15) is 14.7 Å². The van der Waals surface area contributed by atoms with E-state index in [-0.39, 0.29) is 12.1 Å². The van der Waals surface area contributed by atoms with Gasteiger partial charge in [-0.15, -0.1) is 0 Å². The molecule has 25 heavy (non-hydrogen) atoms. The van der Waals surface area contributed by atoms with Crippen molar-refractivity contribution in [2.75, 3.05) is 39.8 Å². The second-order valence-electron chi connectivity index (χ2n) is 8.32. The molecule has 0 aromatic carbocycles. The Balaban J connectivity index is 2.03. The Morgan fingerprint density at radius 1 is 1.16 bits per heavy atom. The summed E-state index contributed by atoms with van der Waals surface area (Å²) in [5.41, 5.74) is -1.32. The monoisotopic (exact) mass is 355 g/mol. The average Bonchev–Trinajstić information content (AvgIpc) is 2.53. The van der Waals surface area contributed by atoms with E-state index in [4.69, 9.17) is 4.74 Å². The van der Waals surface area contributed by atoms with Crippen molar-refractivity contribution in [3.63, 3.8) is 0 Å². The first-order valence-electron chi connectivity index (χ1n) is 9.25. The van der Waals surface area contributed by atoms with Crippen LogP contribution in [0.15, 0.2) is 0 Å². The maximum atomic E-state index is 12.2. The molecule has 0 bridgehead atoms. The standard InChI is InChI=1S/C18H33N3O4/c1-6-18(15(22)23)13-19(5)11-12-21(18)14-7-9-20(10-8-14)16(24)25-17(2,3)4/h14H,6-13H2,1-5H3,(H,22,23)/t18-/m0/s1. The van der Waals surface area contributed by atoms with Crippen molar-refractivity contribution in [2.24, 2.45) is 0 Å². The summed E-state index contributed by atoms with van der Waals surface area (Å²) in [6.45, 7) is 11.0. The molecule has 144 valence electrons. The van der Waals surface area contributed by atoms with Crippen LogP contribution >= 0.6 is 0 Å². The van der Waals surface area contributed by atoms with Gasteiger partial charge in [-0.1, -0.05) is 6.92 Å². The second kappa shape index (κ2) is 7.50. The topological polar surface area (TPSA) is 73.3 Å². The Bertz CT molecular complexity index is 497. The molecule has 0 unspecified atom stereocenters. The summed E-state index contributed by atoms with van der Waals surface area (Å²) < 4.78 is 5.44. The minimum absolute atomic E-state index is 0.198. The van der Waals surface area contributed by atoms with Crippen LogP contribution in [0.3, 0.4) is 0 Å². The molecular weight excluding hydrogens is 322 g/mol. The van der Waals surface area contributed by atoms with Gasteiger partial charge in [0.25, 0.3) is 0 Å². The largest absolute Gasteiger partial charge is 0.480 e. The van der Waals surface area contributed by atoms with Crippen molar-refractivity contribution in [1.29, 1.82) is 0 Å². The van der Waals surface area contributed by atoms with Crippen LogP contribution in [-0.4, -0.2) is 88.8 Å². The van der Waals surface area contributed by atoms with Gasteiger partial charge in [0.15, 0.2) is 0 Å². The Morgan fingerprint density at radius 3 is 2.24 bits per heavy atom. The maximum Gasteiger partial charge on any atom is 0.410 e. The first-order chi connectivity index (χ1) is 11.6.